The number of nitrogens with two attached hydrogens (primary N) is 1. The average Bonchev–Trinajstić information content (AvgIpc) is 3.28. The molecule has 1 amide bonds. The summed E-state index contributed by atoms with van der Waals surface area (Å²) < 4.78 is 0. The van der Waals surface area contributed by atoms with Crippen molar-refractivity contribution in [3.05, 3.63) is 47.6 Å². The fraction of sp³-hybridized carbons (Fsp3) is 0.375. The Morgan fingerprint density at radius 2 is 2.00 bits per heavy atom. The van der Waals surface area contributed by atoms with E-state index in [0.29, 0.717) is 10.7 Å². The summed E-state index contributed by atoms with van der Waals surface area (Å²) in [5.74, 6) is 0.664. The van der Waals surface area contributed by atoms with E-state index in [2.05, 4.69) is 61.9 Å². The molecule has 1 aromatic carbocycles. The van der Waals surface area contributed by atoms with Crippen LogP contribution in [0.5, 0.6) is 0 Å². The number of hydrogen-bond donors (Lipinski definition) is 4. The maximum Gasteiger partial charge on any atom is 0.221 e. The van der Waals surface area contributed by atoms with Crippen LogP contribution in [0.3, 0.4) is 0 Å². The third kappa shape index (κ3) is 3.45. The Kier molecular flexibility index (Phi) is 4.99. The van der Waals surface area contributed by atoms with Gasteiger partial charge in [0.1, 0.15) is 11.3 Å². The largest absolute Gasteiger partial charge is 0.378 e. The van der Waals surface area contributed by atoms with Crippen LogP contribution in [0, 0.1) is 17.8 Å². The Morgan fingerprint density at radius 1 is 1.21 bits per heavy atom. The zero-order chi connectivity index (χ0) is 22.5. The molecule has 2 bridgehead atoms. The first-order valence-corrected chi connectivity index (χ1v) is 11.8. The Morgan fingerprint density at radius 3 is 2.70 bits per heavy atom. The van der Waals surface area contributed by atoms with Crippen molar-refractivity contribution in [1.82, 2.24) is 20.3 Å². The van der Waals surface area contributed by atoms with Gasteiger partial charge in [-0.25, -0.2) is 9.97 Å². The van der Waals surface area contributed by atoms with Crippen LogP contribution < -0.4 is 21.3 Å². The summed E-state index contributed by atoms with van der Waals surface area (Å²) in [6.45, 7) is 4.03. The number of amides is 1. The van der Waals surface area contributed by atoms with E-state index in [0.717, 1.165) is 55.2 Å². The number of aromatic amines is 1. The molecule has 6 rings (SSSR count). The fourth-order valence-electron chi connectivity index (χ4n) is 5.53. The number of rotatable bonds is 5. The summed E-state index contributed by atoms with van der Waals surface area (Å²) in [6.07, 6.45) is 6.69. The quantitative estimate of drug-likeness (QED) is 0.433. The monoisotopic (exact) mass is 463 g/mol. The van der Waals surface area contributed by atoms with Crippen LogP contribution in [0.15, 0.2) is 42.6 Å². The first kappa shape index (κ1) is 20.5. The van der Waals surface area contributed by atoms with Crippen molar-refractivity contribution < 1.29 is 4.79 Å². The number of anilines is 2. The maximum absolute atomic E-state index is 11.9. The van der Waals surface area contributed by atoms with Crippen LogP contribution in [0.4, 0.5) is 11.4 Å². The smallest absolute Gasteiger partial charge is 0.221 e. The number of aromatic nitrogens is 3. The number of nitrogens with zero attached hydrogens (tertiary/aromatic N) is 3. The summed E-state index contributed by atoms with van der Waals surface area (Å²) >= 11 is 6.55. The lowest BCUT2D eigenvalue weighted by Crippen LogP contribution is -2.60. The number of nitrogens with one attached hydrogen (secondary N) is 3. The van der Waals surface area contributed by atoms with Crippen molar-refractivity contribution >= 4 is 40.0 Å². The molecule has 8 nitrogen and oxygen atoms in total. The van der Waals surface area contributed by atoms with E-state index in [1.165, 1.54) is 5.69 Å². The summed E-state index contributed by atoms with van der Waals surface area (Å²) in [7, 11) is 0. The van der Waals surface area contributed by atoms with Gasteiger partial charge >= 0.3 is 0 Å². The van der Waals surface area contributed by atoms with Gasteiger partial charge in [0.05, 0.1) is 22.8 Å². The minimum atomic E-state index is -0.230. The number of carbonyl (C=O) groups excluding carboxylic acids is 1. The highest BCUT2D eigenvalue weighted by Gasteiger charge is 2.53. The van der Waals surface area contributed by atoms with E-state index in [4.69, 9.17) is 22.3 Å². The van der Waals surface area contributed by atoms with Crippen molar-refractivity contribution in [2.45, 2.75) is 12.5 Å². The fourth-order valence-corrected chi connectivity index (χ4v) is 5.73. The van der Waals surface area contributed by atoms with Crippen LogP contribution in [0.2, 0.25) is 5.02 Å². The number of imidazole rings is 1. The predicted molar refractivity (Wildman–Crippen MR) is 130 cm³/mol. The highest BCUT2D eigenvalue weighted by molar-refractivity contribution is 6.34. The number of H-pyrrole nitrogens is 1. The molecule has 33 heavy (non-hydrogen) atoms. The molecule has 0 radical (unpaired) electrons. The number of benzene rings is 1. The van der Waals surface area contributed by atoms with Gasteiger partial charge in [0.2, 0.25) is 5.91 Å². The van der Waals surface area contributed by atoms with E-state index in [9.17, 15) is 4.79 Å². The molecule has 1 aliphatic heterocycles. The standard InChI is InChI=1S/C24H26ClN7O/c25-17-12-28-24-21(20(17)29-19-15-2-1-3-16(19)18(15)22(26)33)30-23(31-24)13-4-6-14(7-5-13)32-10-8-27-9-11-32/h1-2,4-7,12,15-16,18-19,27H,3,8-11H2,(H2,26,33)(H2,28,29,30,31)/t15-,16+,18-,19?/m0/s1. The van der Waals surface area contributed by atoms with Gasteiger partial charge < -0.3 is 26.3 Å². The average molecular weight is 464 g/mol. The van der Waals surface area contributed by atoms with E-state index in [-0.39, 0.29) is 29.7 Å². The molecule has 2 aromatic heterocycles. The highest BCUT2D eigenvalue weighted by atomic mass is 35.5. The third-order valence-electron chi connectivity index (χ3n) is 7.25. The molecule has 5 N–H and O–H groups in total. The van der Waals surface area contributed by atoms with Crippen LogP contribution in [0.1, 0.15) is 6.42 Å². The Balaban J connectivity index is 1.28. The second-order valence-electron chi connectivity index (χ2n) is 9.05. The number of allylic oxidation sites excluding steroid dienone is 1. The van der Waals surface area contributed by atoms with Gasteiger partial charge in [-0.1, -0.05) is 23.8 Å². The third-order valence-corrected chi connectivity index (χ3v) is 7.54. The summed E-state index contributed by atoms with van der Waals surface area (Å²) in [5.41, 5.74) is 9.99. The molecule has 1 saturated heterocycles. The number of pyridine rings is 1. The number of piperazine rings is 1. The second-order valence-corrected chi connectivity index (χ2v) is 9.46. The predicted octanol–water partition coefficient (Wildman–Crippen LogP) is 2.78. The molecule has 0 spiro atoms. The SMILES string of the molecule is NC(=O)[C@H]1[C@@H]2C=CC[C@H]1C2Nc1c(Cl)cnc2nc(-c3ccc(N4CCNCC4)cc3)[nH]c12. The zero-order valence-electron chi connectivity index (χ0n) is 18.1. The lowest BCUT2D eigenvalue weighted by atomic mass is 9.56. The second kappa shape index (κ2) is 8.04. The van der Waals surface area contributed by atoms with Gasteiger partial charge in [0, 0.05) is 49.4 Å². The normalized spacial score (nSPS) is 26.3. The Labute approximate surface area is 196 Å². The molecule has 4 atom stereocenters. The van der Waals surface area contributed by atoms with E-state index < -0.39 is 0 Å². The van der Waals surface area contributed by atoms with Crippen molar-refractivity contribution in [3.8, 4) is 11.4 Å². The molecule has 1 saturated carbocycles. The summed E-state index contributed by atoms with van der Waals surface area (Å²) in [5, 5.41) is 7.48. The van der Waals surface area contributed by atoms with Crippen LogP contribution >= 0.6 is 11.6 Å². The Hall–Kier alpha value is -3.10. The molecule has 3 heterocycles. The van der Waals surface area contributed by atoms with Crippen molar-refractivity contribution in [2.24, 2.45) is 23.5 Å². The molecule has 9 heteroatoms. The van der Waals surface area contributed by atoms with Crippen LogP contribution in [-0.4, -0.2) is 53.1 Å². The summed E-state index contributed by atoms with van der Waals surface area (Å²) in [6, 6.07) is 8.56. The summed E-state index contributed by atoms with van der Waals surface area (Å²) in [4.78, 5) is 26.8. The Bertz CT molecular complexity index is 1230. The number of carbonyl (C=O) groups is 1. The molecular weight excluding hydrogens is 438 g/mol. The van der Waals surface area contributed by atoms with E-state index >= 15 is 0 Å². The van der Waals surface area contributed by atoms with E-state index in [1.807, 2.05) is 0 Å². The van der Waals surface area contributed by atoms with Gasteiger partial charge in [-0.05, 0) is 36.6 Å². The van der Waals surface area contributed by atoms with Crippen molar-refractivity contribution in [1.29, 1.82) is 0 Å². The van der Waals surface area contributed by atoms with E-state index in [1.54, 1.807) is 6.20 Å². The van der Waals surface area contributed by atoms with Gasteiger partial charge in [-0.2, -0.15) is 0 Å². The minimum Gasteiger partial charge on any atom is -0.378 e. The lowest BCUT2D eigenvalue weighted by molar-refractivity contribution is -0.130. The lowest BCUT2D eigenvalue weighted by Gasteiger charge is -2.52. The molecule has 170 valence electrons. The first-order valence-electron chi connectivity index (χ1n) is 11.4. The van der Waals surface area contributed by atoms with Gasteiger partial charge in [0.25, 0.3) is 0 Å². The topological polar surface area (TPSA) is 112 Å². The highest BCUT2D eigenvalue weighted by Crippen LogP contribution is 2.49. The zero-order valence-corrected chi connectivity index (χ0v) is 18.8. The molecule has 2 fully saturated rings. The molecule has 3 aliphatic rings. The molecule has 1 unspecified atom stereocenters. The van der Waals surface area contributed by atoms with Gasteiger partial charge in [-0.15, -0.1) is 0 Å². The first-order chi connectivity index (χ1) is 16.1. The minimum absolute atomic E-state index is 0.0838. The number of hydrogen-bond acceptors (Lipinski definition) is 6. The van der Waals surface area contributed by atoms with Crippen LogP contribution in [-0.2, 0) is 4.79 Å². The molecular formula is C24H26ClN7O. The molecule has 2 aliphatic carbocycles. The van der Waals surface area contributed by atoms with Crippen LogP contribution in [0.25, 0.3) is 22.6 Å². The molecule has 3 aromatic rings. The van der Waals surface area contributed by atoms with Gasteiger partial charge in [-0.3, -0.25) is 4.79 Å². The number of fused-ring (bicyclic) bond motifs is 3. The maximum atomic E-state index is 11.9. The van der Waals surface area contributed by atoms with Crippen molar-refractivity contribution in [3.63, 3.8) is 0 Å². The van der Waals surface area contributed by atoms with Crippen molar-refractivity contribution in [2.75, 3.05) is 36.4 Å². The number of primary amides is 1. The number of halogens is 1. The van der Waals surface area contributed by atoms with Gasteiger partial charge in [0.15, 0.2) is 5.65 Å².